The van der Waals surface area contributed by atoms with Crippen LogP contribution >= 0.6 is 11.8 Å². The molecule has 0 atom stereocenters. The second-order valence-electron chi connectivity index (χ2n) is 4.57. The molecule has 2 aromatic rings. The molecule has 1 nitrogen and oxygen atoms in total. The lowest BCUT2D eigenvalue weighted by molar-refractivity contribution is 1.04. The van der Waals surface area contributed by atoms with Crippen molar-refractivity contribution in [2.75, 3.05) is 11.1 Å². The van der Waals surface area contributed by atoms with Crippen LogP contribution in [0.25, 0.3) is 0 Å². The van der Waals surface area contributed by atoms with Gasteiger partial charge in [-0.05, 0) is 29.7 Å². The van der Waals surface area contributed by atoms with Crippen LogP contribution in [0, 0.1) is 0 Å². The van der Waals surface area contributed by atoms with Gasteiger partial charge in [0.15, 0.2) is 0 Å². The maximum absolute atomic E-state index is 3.78. The Morgan fingerprint density at radius 2 is 1.75 bits per heavy atom. The monoisotopic (exact) mass is 283 g/mol. The number of rotatable bonds is 7. The molecule has 0 aromatic heterocycles. The number of benzene rings is 2. The molecule has 20 heavy (non-hydrogen) atoms. The Labute approximate surface area is 126 Å². The highest BCUT2D eigenvalue weighted by Gasteiger charge is 2.03. The molecule has 0 radical (unpaired) electrons. The van der Waals surface area contributed by atoms with E-state index in [0.717, 1.165) is 18.7 Å². The quantitative estimate of drug-likeness (QED) is 0.558. The summed E-state index contributed by atoms with van der Waals surface area (Å²) < 4.78 is 0. The molecule has 2 aromatic carbocycles. The number of anilines is 1. The van der Waals surface area contributed by atoms with Crippen molar-refractivity contribution in [3.05, 3.63) is 72.3 Å². The van der Waals surface area contributed by atoms with Gasteiger partial charge < -0.3 is 5.32 Å². The van der Waals surface area contributed by atoms with Crippen molar-refractivity contribution < 1.29 is 0 Å². The van der Waals surface area contributed by atoms with Crippen LogP contribution in [0.3, 0.4) is 0 Å². The van der Waals surface area contributed by atoms with E-state index in [1.165, 1.54) is 21.7 Å². The summed E-state index contributed by atoms with van der Waals surface area (Å²) in [4.78, 5) is 1.28. The SMILES string of the molecule is C=CCSc1ccccc1NCc1ccccc1CC. The molecule has 0 bridgehead atoms. The van der Waals surface area contributed by atoms with Gasteiger partial charge in [0.25, 0.3) is 0 Å². The summed E-state index contributed by atoms with van der Waals surface area (Å²) in [5.74, 6) is 0.935. The van der Waals surface area contributed by atoms with Gasteiger partial charge in [-0.1, -0.05) is 49.4 Å². The minimum Gasteiger partial charge on any atom is -0.380 e. The zero-order valence-electron chi connectivity index (χ0n) is 11.9. The van der Waals surface area contributed by atoms with Crippen LogP contribution < -0.4 is 5.32 Å². The average molecular weight is 283 g/mol. The van der Waals surface area contributed by atoms with E-state index >= 15 is 0 Å². The molecule has 104 valence electrons. The van der Waals surface area contributed by atoms with Crippen LogP contribution in [0.5, 0.6) is 0 Å². The first-order chi connectivity index (χ1) is 9.85. The fourth-order valence-electron chi connectivity index (χ4n) is 2.15. The Hall–Kier alpha value is -1.67. The van der Waals surface area contributed by atoms with Gasteiger partial charge in [-0.3, -0.25) is 0 Å². The molecule has 0 unspecified atom stereocenters. The van der Waals surface area contributed by atoms with Crippen molar-refractivity contribution in [2.45, 2.75) is 24.8 Å². The summed E-state index contributed by atoms with van der Waals surface area (Å²) in [7, 11) is 0. The minimum atomic E-state index is 0.871. The van der Waals surface area contributed by atoms with E-state index < -0.39 is 0 Å². The normalized spacial score (nSPS) is 10.2. The molecular weight excluding hydrogens is 262 g/mol. The molecule has 0 saturated heterocycles. The molecule has 0 aliphatic rings. The first-order valence-electron chi connectivity index (χ1n) is 6.98. The summed E-state index contributed by atoms with van der Waals surface area (Å²) in [5, 5.41) is 3.56. The summed E-state index contributed by atoms with van der Waals surface area (Å²) >= 11 is 1.81. The first kappa shape index (κ1) is 14.7. The second kappa shape index (κ2) is 7.81. The Morgan fingerprint density at radius 1 is 1.05 bits per heavy atom. The van der Waals surface area contributed by atoms with E-state index in [0.29, 0.717) is 0 Å². The number of hydrogen-bond acceptors (Lipinski definition) is 2. The Morgan fingerprint density at radius 3 is 2.50 bits per heavy atom. The molecule has 2 rings (SSSR count). The van der Waals surface area contributed by atoms with Crippen molar-refractivity contribution in [1.29, 1.82) is 0 Å². The summed E-state index contributed by atoms with van der Waals surface area (Å²) in [6.07, 6.45) is 3.01. The van der Waals surface area contributed by atoms with Crippen molar-refractivity contribution >= 4 is 17.4 Å². The van der Waals surface area contributed by atoms with Crippen molar-refractivity contribution in [2.24, 2.45) is 0 Å². The van der Waals surface area contributed by atoms with E-state index in [4.69, 9.17) is 0 Å². The van der Waals surface area contributed by atoms with Crippen LogP contribution in [0.2, 0.25) is 0 Å². The maximum Gasteiger partial charge on any atom is 0.0481 e. The smallest absolute Gasteiger partial charge is 0.0481 e. The number of aryl methyl sites for hydroxylation is 1. The zero-order chi connectivity index (χ0) is 14.2. The standard InChI is InChI=1S/C18H21NS/c1-3-13-20-18-12-8-7-11-17(18)19-14-16-10-6-5-9-15(16)4-2/h3,5-12,19H,1,4,13-14H2,2H3. The predicted molar refractivity (Wildman–Crippen MR) is 90.5 cm³/mol. The number of thioether (sulfide) groups is 1. The molecule has 0 saturated carbocycles. The third kappa shape index (κ3) is 3.91. The van der Waals surface area contributed by atoms with Crippen molar-refractivity contribution in [1.82, 2.24) is 0 Å². The summed E-state index contributed by atoms with van der Waals surface area (Å²) in [6.45, 7) is 6.85. The Bertz CT molecular complexity index is 563. The van der Waals surface area contributed by atoms with Crippen LogP contribution in [0.1, 0.15) is 18.1 Å². The van der Waals surface area contributed by atoms with Crippen molar-refractivity contribution in [3.63, 3.8) is 0 Å². The molecule has 1 N–H and O–H groups in total. The van der Waals surface area contributed by atoms with E-state index in [9.17, 15) is 0 Å². The van der Waals surface area contributed by atoms with Gasteiger partial charge in [-0.2, -0.15) is 0 Å². The minimum absolute atomic E-state index is 0.871. The van der Waals surface area contributed by atoms with Gasteiger partial charge >= 0.3 is 0 Å². The van der Waals surface area contributed by atoms with Gasteiger partial charge in [0.1, 0.15) is 0 Å². The van der Waals surface area contributed by atoms with Crippen LogP contribution in [-0.4, -0.2) is 5.75 Å². The van der Waals surface area contributed by atoms with E-state index in [1.54, 1.807) is 0 Å². The van der Waals surface area contributed by atoms with Crippen LogP contribution in [0.4, 0.5) is 5.69 Å². The second-order valence-corrected chi connectivity index (χ2v) is 5.63. The highest BCUT2D eigenvalue weighted by molar-refractivity contribution is 7.99. The van der Waals surface area contributed by atoms with Gasteiger partial charge in [0.2, 0.25) is 0 Å². The molecule has 0 spiro atoms. The highest BCUT2D eigenvalue weighted by Crippen LogP contribution is 2.27. The predicted octanol–water partition coefficient (Wildman–Crippen LogP) is 5.14. The van der Waals surface area contributed by atoms with E-state index in [2.05, 4.69) is 67.4 Å². The number of nitrogens with one attached hydrogen (secondary N) is 1. The van der Waals surface area contributed by atoms with E-state index in [1.807, 2.05) is 17.8 Å². The van der Waals surface area contributed by atoms with Crippen LogP contribution in [-0.2, 0) is 13.0 Å². The molecule has 2 heteroatoms. The lowest BCUT2D eigenvalue weighted by atomic mass is 10.1. The van der Waals surface area contributed by atoms with Gasteiger partial charge in [-0.25, -0.2) is 0 Å². The highest BCUT2D eigenvalue weighted by atomic mass is 32.2. The summed E-state index contributed by atoms with van der Waals surface area (Å²) in [5.41, 5.74) is 3.99. The number of hydrogen-bond donors (Lipinski definition) is 1. The van der Waals surface area contributed by atoms with Crippen LogP contribution in [0.15, 0.2) is 66.1 Å². The Balaban J connectivity index is 2.08. The van der Waals surface area contributed by atoms with Gasteiger partial charge in [0, 0.05) is 22.9 Å². The molecular formula is C18H21NS. The molecule has 0 fully saturated rings. The Kier molecular flexibility index (Phi) is 5.75. The van der Waals surface area contributed by atoms with Crippen molar-refractivity contribution in [3.8, 4) is 0 Å². The third-order valence-electron chi connectivity index (χ3n) is 3.21. The fourth-order valence-corrected chi connectivity index (χ4v) is 2.92. The third-order valence-corrected chi connectivity index (χ3v) is 4.28. The molecule has 0 amide bonds. The largest absolute Gasteiger partial charge is 0.380 e. The first-order valence-corrected chi connectivity index (χ1v) is 7.97. The number of para-hydroxylation sites is 1. The molecule has 0 heterocycles. The molecule has 0 aliphatic heterocycles. The summed E-state index contributed by atoms with van der Waals surface area (Å²) in [6, 6.07) is 17.1. The van der Waals surface area contributed by atoms with E-state index in [-0.39, 0.29) is 0 Å². The topological polar surface area (TPSA) is 12.0 Å². The lowest BCUT2D eigenvalue weighted by Crippen LogP contribution is -2.03. The van der Waals surface area contributed by atoms with Gasteiger partial charge in [0.05, 0.1) is 0 Å². The maximum atomic E-state index is 3.78. The fraction of sp³-hybridized carbons (Fsp3) is 0.222. The average Bonchev–Trinajstić information content (AvgIpc) is 2.52. The molecule has 0 aliphatic carbocycles. The van der Waals surface area contributed by atoms with Gasteiger partial charge in [-0.15, -0.1) is 18.3 Å². The zero-order valence-corrected chi connectivity index (χ0v) is 12.7. The lowest BCUT2D eigenvalue weighted by Gasteiger charge is -2.13.